The third-order valence-electron chi connectivity index (χ3n) is 3.02. The summed E-state index contributed by atoms with van der Waals surface area (Å²) in [5.74, 6) is -0.384. The average Bonchev–Trinajstić information content (AvgIpc) is 2.39. The first-order valence-electron chi connectivity index (χ1n) is 6.12. The normalized spacial score (nSPS) is 19.5. The molecule has 2 rings (SSSR count). The molecule has 1 aliphatic heterocycles. The van der Waals surface area contributed by atoms with E-state index in [1.807, 2.05) is 29.6 Å². The lowest BCUT2D eigenvalue weighted by Gasteiger charge is -2.33. The zero-order valence-electron chi connectivity index (χ0n) is 10.7. The Kier molecular flexibility index (Phi) is 5.12. The summed E-state index contributed by atoms with van der Waals surface area (Å²) >= 11 is 1.99. The quantitative estimate of drug-likeness (QED) is 0.811. The molecule has 1 aromatic rings. The standard InChI is InChI=1S/C13H16FIN2O2/c1-16-7-10-8-17(4-5-19-10)13(18)11-3-2-9(14)6-12(11)15/h2-3,6,10,16H,4-5,7-8H2,1H3. The monoisotopic (exact) mass is 378 g/mol. The predicted octanol–water partition coefficient (Wildman–Crippen LogP) is 1.49. The average molecular weight is 378 g/mol. The van der Waals surface area contributed by atoms with Gasteiger partial charge in [0, 0.05) is 23.2 Å². The molecular formula is C13H16FIN2O2. The van der Waals surface area contributed by atoms with Crippen LogP contribution in [0.4, 0.5) is 4.39 Å². The van der Waals surface area contributed by atoms with Crippen molar-refractivity contribution < 1.29 is 13.9 Å². The van der Waals surface area contributed by atoms with Crippen LogP contribution < -0.4 is 5.32 Å². The molecule has 1 atom stereocenters. The van der Waals surface area contributed by atoms with E-state index in [0.29, 0.717) is 35.4 Å². The first-order chi connectivity index (χ1) is 9.11. The molecule has 1 N–H and O–H groups in total. The molecule has 0 aliphatic carbocycles. The molecule has 1 unspecified atom stereocenters. The second kappa shape index (κ2) is 6.62. The van der Waals surface area contributed by atoms with Crippen LogP contribution in [0.25, 0.3) is 0 Å². The Hall–Kier alpha value is -0.730. The van der Waals surface area contributed by atoms with Gasteiger partial charge >= 0.3 is 0 Å². The molecule has 1 aliphatic rings. The molecule has 104 valence electrons. The maximum absolute atomic E-state index is 13.1. The third-order valence-corrected chi connectivity index (χ3v) is 3.91. The summed E-state index contributed by atoms with van der Waals surface area (Å²) in [5.41, 5.74) is 0.548. The lowest BCUT2D eigenvalue weighted by Crippen LogP contribution is -2.48. The molecule has 6 heteroatoms. The van der Waals surface area contributed by atoms with Crippen LogP contribution in [-0.2, 0) is 4.74 Å². The van der Waals surface area contributed by atoms with Crippen molar-refractivity contribution in [2.24, 2.45) is 0 Å². The number of carbonyl (C=O) groups is 1. The van der Waals surface area contributed by atoms with E-state index in [9.17, 15) is 9.18 Å². The highest BCUT2D eigenvalue weighted by Gasteiger charge is 2.25. The smallest absolute Gasteiger partial charge is 0.255 e. The van der Waals surface area contributed by atoms with Gasteiger partial charge in [0.05, 0.1) is 18.3 Å². The van der Waals surface area contributed by atoms with E-state index in [4.69, 9.17) is 4.74 Å². The third kappa shape index (κ3) is 3.64. The van der Waals surface area contributed by atoms with Gasteiger partial charge in [-0.3, -0.25) is 4.79 Å². The van der Waals surface area contributed by atoms with E-state index in [-0.39, 0.29) is 17.8 Å². The lowest BCUT2D eigenvalue weighted by atomic mass is 10.1. The minimum Gasteiger partial charge on any atom is -0.373 e. The summed E-state index contributed by atoms with van der Waals surface area (Å²) in [6.45, 7) is 2.39. The van der Waals surface area contributed by atoms with Gasteiger partial charge in [-0.05, 0) is 47.8 Å². The fourth-order valence-electron chi connectivity index (χ4n) is 2.09. The fraction of sp³-hybridized carbons (Fsp3) is 0.462. The van der Waals surface area contributed by atoms with Gasteiger partial charge in [0.1, 0.15) is 5.82 Å². The number of nitrogens with one attached hydrogen (secondary N) is 1. The molecule has 1 heterocycles. The highest BCUT2D eigenvalue weighted by Crippen LogP contribution is 2.17. The Labute approximate surface area is 125 Å². The summed E-state index contributed by atoms with van der Waals surface area (Å²) in [7, 11) is 1.85. The first-order valence-corrected chi connectivity index (χ1v) is 7.20. The van der Waals surface area contributed by atoms with Crippen molar-refractivity contribution in [3.63, 3.8) is 0 Å². The Morgan fingerprint density at radius 1 is 1.63 bits per heavy atom. The molecule has 0 radical (unpaired) electrons. The van der Waals surface area contributed by atoms with Crippen LogP contribution in [0.3, 0.4) is 0 Å². The zero-order chi connectivity index (χ0) is 13.8. The summed E-state index contributed by atoms with van der Waals surface area (Å²) in [4.78, 5) is 14.2. The van der Waals surface area contributed by atoms with Crippen molar-refractivity contribution in [3.05, 3.63) is 33.1 Å². The molecule has 0 bridgehead atoms. The molecule has 1 saturated heterocycles. The van der Waals surface area contributed by atoms with Gasteiger partial charge in [-0.2, -0.15) is 0 Å². The number of hydrogen-bond donors (Lipinski definition) is 1. The second-order valence-corrected chi connectivity index (χ2v) is 5.59. The van der Waals surface area contributed by atoms with Crippen LogP contribution in [0.5, 0.6) is 0 Å². The van der Waals surface area contributed by atoms with E-state index in [1.54, 1.807) is 11.0 Å². The molecular weight excluding hydrogens is 362 g/mol. The van der Waals surface area contributed by atoms with Crippen LogP contribution in [0, 0.1) is 9.39 Å². The minimum absolute atomic E-state index is 0.0146. The summed E-state index contributed by atoms with van der Waals surface area (Å²) < 4.78 is 19.3. The van der Waals surface area contributed by atoms with Crippen LogP contribution in [0.15, 0.2) is 18.2 Å². The van der Waals surface area contributed by atoms with Crippen molar-refractivity contribution >= 4 is 28.5 Å². The Bertz CT molecular complexity index is 468. The number of morpholine rings is 1. The van der Waals surface area contributed by atoms with Crippen molar-refractivity contribution in [2.45, 2.75) is 6.10 Å². The SMILES string of the molecule is CNCC1CN(C(=O)c2ccc(F)cc2I)CCO1. The summed E-state index contributed by atoms with van der Waals surface area (Å²) in [6, 6.07) is 4.24. The molecule has 1 aromatic carbocycles. The van der Waals surface area contributed by atoms with Gasteiger partial charge in [0.15, 0.2) is 0 Å². The molecule has 0 aromatic heterocycles. The van der Waals surface area contributed by atoms with Crippen LogP contribution >= 0.6 is 22.6 Å². The number of likely N-dealkylation sites (N-methyl/N-ethyl adjacent to an activating group) is 1. The van der Waals surface area contributed by atoms with E-state index in [2.05, 4.69) is 5.32 Å². The first kappa shape index (κ1) is 14.7. The van der Waals surface area contributed by atoms with E-state index in [1.165, 1.54) is 12.1 Å². The van der Waals surface area contributed by atoms with E-state index < -0.39 is 0 Å². The predicted molar refractivity (Wildman–Crippen MR) is 78.7 cm³/mol. The Balaban J connectivity index is 2.10. The van der Waals surface area contributed by atoms with Crippen LogP contribution in [0.1, 0.15) is 10.4 Å². The molecule has 4 nitrogen and oxygen atoms in total. The minimum atomic E-state index is -0.323. The Morgan fingerprint density at radius 3 is 3.11 bits per heavy atom. The molecule has 1 amide bonds. The van der Waals surface area contributed by atoms with Crippen LogP contribution in [0.2, 0.25) is 0 Å². The fourth-order valence-corrected chi connectivity index (χ4v) is 2.80. The highest BCUT2D eigenvalue weighted by molar-refractivity contribution is 14.1. The number of carbonyl (C=O) groups excluding carboxylic acids is 1. The topological polar surface area (TPSA) is 41.6 Å². The number of benzene rings is 1. The maximum atomic E-state index is 13.1. The van der Waals surface area contributed by atoms with E-state index in [0.717, 1.165) is 0 Å². The number of ether oxygens (including phenoxy) is 1. The largest absolute Gasteiger partial charge is 0.373 e. The molecule has 0 spiro atoms. The van der Waals surface area contributed by atoms with Crippen molar-refractivity contribution in [3.8, 4) is 0 Å². The van der Waals surface area contributed by atoms with Gasteiger partial charge in [0.25, 0.3) is 5.91 Å². The Morgan fingerprint density at radius 2 is 2.42 bits per heavy atom. The summed E-state index contributed by atoms with van der Waals surface area (Å²) in [5, 5.41) is 3.04. The lowest BCUT2D eigenvalue weighted by molar-refractivity contribution is -0.0196. The van der Waals surface area contributed by atoms with Gasteiger partial charge in [-0.25, -0.2) is 4.39 Å². The van der Waals surface area contributed by atoms with Crippen molar-refractivity contribution in [1.29, 1.82) is 0 Å². The van der Waals surface area contributed by atoms with Gasteiger partial charge in [-0.1, -0.05) is 0 Å². The molecule has 1 fully saturated rings. The number of halogens is 2. The van der Waals surface area contributed by atoms with Crippen molar-refractivity contribution in [1.82, 2.24) is 10.2 Å². The maximum Gasteiger partial charge on any atom is 0.255 e. The molecule has 0 saturated carbocycles. The summed E-state index contributed by atoms with van der Waals surface area (Å²) in [6.07, 6.45) is 0.0146. The number of hydrogen-bond acceptors (Lipinski definition) is 3. The number of nitrogens with zero attached hydrogens (tertiary/aromatic N) is 1. The van der Waals surface area contributed by atoms with Gasteiger partial charge in [-0.15, -0.1) is 0 Å². The highest BCUT2D eigenvalue weighted by atomic mass is 127. The van der Waals surface area contributed by atoms with Gasteiger partial charge in [0.2, 0.25) is 0 Å². The van der Waals surface area contributed by atoms with E-state index >= 15 is 0 Å². The van der Waals surface area contributed by atoms with Crippen LogP contribution in [-0.4, -0.2) is 50.2 Å². The number of amides is 1. The zero-order valence-corrected chi connectivity index (χ0v) is 12.8. The second-order valence-electron chi connectivity index (χ2n) is 4.43. The van der Waals surface area contributed by atoms with Crippen molar-refractivity contribution in [2.75, 3.05) is 33.3 Å². The number of rotatable bonds is 3. The molecule has 19 heavy (non-hydrogen) atoms. The van der Waals surface area contributed by atoms with Gasteiger partial charge < -0.3 is 15.0 Å².